The molecule has 1 aliphatic heterocycles. The topological polar surface area (TPSA) is 148 Å². The summed E-state index contributed by atoms with van der Waals surface area (Å²) in [5.74, 6) is -1.05. The number of anilines is 2. The van der Waals surface area contributed by atoms with Gasteiger partial charge in [0.1, 0.15) is 0 Å². The minimum Gasteiger partial charge on any atom is -0.397 e. The zero-order valence-corrected chi connectivity index (χ0v) is 28.8. The first kappa shape index (κ1) is 36.3. The van der Waals surface area contributed by atoms with E-state index in [0.717, 1.165) is 36.5 Å². The second kappa shape index (κ2) is 14.9. The lowest BCUT2D eigenvalue weighted by Crippen LogP contribution is -2.52. The van der Waals surface area contributed by atoms with Crippen LogP contribution < -0.4 is 11.1 Å². The number of halogens is 4. The maximum atomic E-state index is 14.0. The molecule has 3 N–H and O–H groups in total. The Morgan fingerprint density at radius 1 is 1.04 bits per heavy atom. The Morgan fingerprint density at radius 3 is 2.34 bits per heavy atom. The van der Waals surface area contributed by atoms with E-state index in [2.05, 4.69) is 25.3 Å². The van der Waals surface area contributed by atoms with Gasteiger partial charge in [-0.15, -0.1) is 0 Å². The molecular formula is C33H38ClF3N10O3. The lowest BCUT2D eigenvalue weighted by atomic mass is 10.00. The van der Waals surface area contributed by atoms with Crippen molar-refractivity contribution < 1.29 is 27.6 Å². The van der Waals surface area contributed by atoms with Crippen LogP contribution in [-0.2, 0) is 18.0 Å². The smallest absolute Gasteiger partial charge is 0.397 e. The molecule has 0 unspecified atom stereocenters. The second-order valence-corrected chi connectivity index (χ2v) is 12.7. The number of nitrogen functional groups attached to an aromatic ring is 1. The van der Waals surface area contributed by atoms with E-state index in [1.54, 1.807) is 4.90 Å². The van der Waals surface area contributed by atoms with Gasteiger partial charge in [0.25, 0.3) is 11.8 Å². The van der Waals surface area contributed by atoms with Crippen LogP contribution in [0.2, 0.25) is 5.02 Å². The van der Waals surface area contributed by atoms with Crippen molar-refractivity contribution >= 4 is 40.7 Å². The molecule has 17 heteroatoms. The molecule has 3 amide bonds. The summed E-state index contributed by atoms with van der Waals surface area (Å²) < 4.78 is 44.2. The van der Waals surface area contributed by atoms with E-state index in [-0.39, 0.29) is 56.9 Å². The first-order valence-corrected chi connectivity index (χ1v) is 16.3. The van der Waals surface area contributed by atoms with E-state index in [1.807, 2.05) is 25.9 Å². The molecule has 0 radical (unpaired) electrons. The van der Waals surface area contributed by atoms with Crippen molar-refractivity contribution in [1.82, 2.24) is 39.0 Å². The van der Waals surface area contributed by atoms with Crippen LogP contribution in [0.15, 0.2) is 48.9 Å². The van der Waals surface area contributed by atoms with Crippen molar-refractivity contribution in [3.8, 4) is 17.1 Å². The first-order chi connectivity index (χ1) is 23.7. The van der Waals surface area contributed by atoms with Gasteiger partial charge in [-0.2, -0.15) is 18.3 Å². The number of nitrogens with two attached hydrogens (primary N) is 1. The Kier molecular flexibility index (Phi) is 10.8. The monoisotopic (exact) mass is 714 g/mol. The largest absolute Gasteiger partial charge is 0.435 e. The molecule has 50 heavy (non-hydrogen) atoms. The van der Waals surface area contributed by atoms with Gasteiger partial charge in [0.2, 0.25) is 5.91 Å². The molecule has 0 saturated carbocycles. The number of imidazole rings is 1. The molecule has 0 aliphatic carbocycles. The van der Waals surface area contributed by atoms with Gasteiger partial charge in [0, 0.05) is 51.0 Å². The van der Waals surface area contributed by atoms with Crippen LogP contribution in [0.3, 0.4) is 0 Å². The lowest BCUT2D eigenvalue weighted by molar-refractivity contribution is -0.141. The van der Waals surface area contributed by atoms with Crippen LogP contribution in [0.25, 0.3) is 17.1 Å². The fourth-order valence-corrected chi connectivity index (χ4v) is 5.98. The number of nitrogens with one attached hydrogen (secondary N) is 1. The molecule has 4 heterocycles. The van der Waals surface area contributed by atoms with Gasteiger partial charge < -0.3 is 30.3 Å². The predicted molar refractivity (Wildman–Crippen MR) is 182 cm³/mol. The van der Waals surface area contributed by atoms with Crippen molar-refractivity contribution in [3.63, 3.8) is 0 Å². The third-order valence-corrected chi connectivity index (χ3v) is 8.87. The van der Waals surface area contributed by atoms with E-state index in [4.69, 9.17) is 17.3 Å². The van der Waals surface area contributed by atoms with Crippen LogP contribution in [-0.4, -0.2) is 104 Å². The number of carbonyl (C=O) groups excluding carboxylic acids is 3. The fraction of sp³-hybridized carbons (Fsp3) is 0.394. The van der Waals surface area contributed by atoms with Crippen LogP contribution in [0.5, 0.6) is 0 Å². The summed E-state index contributed by atoms with van der Waals surface area (Å²) in [6.45, 7) is 4.38. The first-order valence-electron chi connectivity index (χ1n) is 15.9. The summed E-state index contributed by atoms with van der Waals surface area (Å²) in [6, 6.07) is 7.32. The molecule has 0 bridgehead atoms. The molecule has 5 rings (SSSR count). The lowest BCUT2D eigenvalue weighted by Gasteiger charge is -2.36. The van der Waals surface area contributed by atoms with Crippen LogP contribution in [0.4, 0.5) is 24.5 Å². The highest BCUT2D eigenvalue weighted by molar-refractivity contribution is 6.34. The third kappa shape index (κ3) is 7.91. The number of hydrogen-bond acceptors (Lipinski definition) is 8. The summed E-state index contributed by atoms with van der Waals surface area (Å²) in [7, 11) is 5.36. The summed E-state index contributed by atoms with van der Waals surface area (Å²) in [5, 5.41) is 6.44. The standard InChI is InChI=1S/C33H38ClF3N10O3/c1-5-20(10-11-43(2)3)31(49)45-12-14-46(15-13-45)32(50)23-8-7-22(16-25(23)34)41-30(48)29-40-18-26(44(29)4)24-19-47(42-28(24)33(35,36)37)27-9-6-21(38)17-39-27/h6-9,16-20H,5,10-15,38H2,1-4H3,(H,41,48)/t20-/m1/s1. The third-order valence-electron chi connectivity index (χ3n) is 8.56. The minimum absolute atomic E-state index is 0.0104. The Morgan fingerprint density at radius 2 is 1.74 bits per heavy atom. The maximum Gasteiger partial charge on any atom is 0.435 e. The number of carbonyl (C=O) groups is 3. The average molecular weight is 715 g/mol. The molecule has 4 aromatic rings. The maximum absolute atomic E-state index is 14.0. The van der Waals surface area contributed by atoms with Crippen molar-refractivity contribution in [3.05, 3.63) is 71.0 Å². The Hall–Kier alpha value is -4.96. The van der Waals surface area contributed by atoms with Gasteiger partial charge >= 0.3 is 6.18 Å². The number of pyridine rings is 1. The number of benzene rings is 1. The normalized spacial score (nSPS) is 14.3. The number of piperazine rings is 1. The molecule has 1 saturated heterocycles. The highest BCUT2D eigenvalue weighted by Gasteiger charge is 2.39. The van der Waals surface area contributed by atoms with E-state index in [0.29, 0.717) is 31.9 Å². The second-order valence-electron chi connectivity index (χ2n) is 12.3. The molecule has 1 aliphatic rings. The highest BCUT2D eigenvalue weighted by atomic mass is 35.5. The van der Waals surface area contributed by atoms with Crippen LogP contribution >= 0.6 is 11.6 Å². The van der Waals surface area contributed by atoms with Crippen molar-refractivity contribution in [2.45, 2.75) is 25.9 Å². The number of nitrogens with zero attached hydrogens (tertiary/aromatic N) is 8. The van der Waals surface area contributed by atoms with Gasteiger partial charge in [-0.3, -0.25) is 14.4 Å². The molecule has 266 valence electrons. The molecule has 1 atom stereocenters. The zero-order chi connectivity index (χ0) is 36.3. The Bertz CT molecular complexity index is 1870. The van der Waals surface area contributed by atoms with Gasteiger partial charge in [-0.25, -0.2) is 14.6 Å². The SMILES string of the molecule is CC[C@H](CCN(C)C)C(=O)N1CCN(C(=O)c2ccc(NC(=O)c3ncc(-c4cn(-c5ccc(N)cn5)nc4C(F)(F)F)n3C)cc2Cl)CC1. The molecule has 13 nitrogen and oxygen atoms in total. The van der Waals surface area contributed by atoms with E-state index in [1.165, 1.54) is 48.1 Å². The number of alkyl halides is 3. The van der Waals surface area contributed by atoms with Crippen molar-refractivity contribution in [2.75, 3.05) is 57.9 Å². The van der Waals surface area contributed by atoms with Gasteiger partial charge in [-0.05, 0) is 63.8 Å². The Balaban J connectivity index is 1.26. The molecule has 3 aromatic heterocycles. The molecule has 0 spiro atoms. The van der Waals surface area contributed by atoms with E-state index < -0.39 is 17.8 Å². The number of hydrogen-bond donors (Lipinski definition) is 2. The zero-order valence-electron chi connectivity index (χ0n) is 28.0. The Labute approximate surface area is 291 Å². The fourth-order valence-electron chi connectivity index (χ4n) is 5.72. The molecule has 1 fully saturated rings. The quantitative estimate of drug-likeness (QED) is 0.245. The number of rotatable bonds is 10. The van der Waals surface area contributed by atoms with Crippen LogP contribution in [0, 0.1) is 5.92 Å². The summed E-state index contributed by atoms with van der Waals surface area (Å²) in [4.78, 5) is 53.2. The number of aromatic nitrogens is 5. The van der Waals surface area contributed by atoms with Gasteiger partial charge in [-0.1, -0.05) is 18.5 Å². The van der Waals surface area contributed by atoms with Crippen LogP contribution in [0.1, 0.15) is 46.4 Å². The minimum atomic E-state index is -4.81. The highest BCUT2D eigenvalue weighted by Crippen LogP contribution is 2.37. The average Bonchev–Trinajstić information content (AvgIpc) is 3.69. The van der Waals surface area contributed by atoms with E-state index >= 15 is 0 Å². The van der Waals surface area contributed by atoms with Gasteiger partial charge in [0.05, 0.1) is 39.9 Å². The van der Waals surface area contributed by atoms with Crippen molar-refractivity contribution in [2.24, 2.45) is 13.0 Å². The van der Waals surface area contributed by atoms with E-state index in [9.17, 15) is 27.6 Å². The summed E-state index contributed by atoms with van der Waals surface area (Å²) in [6.07, 6.45) is 0.310. The molecular weight excluding hydrogens is 677 g/mol. The summed E-state index contributed by atoms with van der Waals surface area (Å²) >= 11 is 6.49. The van der Waals surface area contributed by atoms with Gasteiger partial charge in [0.15, 0.2) is 17.3 Å². The van der Waals surface area contributed by atoms with Crippen molar-refractivity contribution in [1.29, 1.82) is 0 Å². The number of amides is 3. The molecule has 1 aromatic carbocycles. The summed E-state index contributed by atoms with van der Waals surface area (Å²) in [5.41, 5.74) is 4.95. The predicted octanol–water partition coefficient (Wildman–Crippen LogP) is 4.44.